The Morgan fingerprint density at radius 3 is 2.74 bits per heavy atom. The number of likely N-dealkylation sites (tertiary alicyclic amines) is 1. The number of amides is 1. The van der Waals surface area contributed by atoms with Gasteiger partial charge < -0.3 is 9.88 Å². The second kappa shape index (κ2) is 6.75. The Hall–Kier alpha value is -2.20. The van der Waals surface area contributed by atoms with E-state index in [1.807, 2.05) is 17.2 Å². The van der Waals surface area contributed by atoms with Crippen LogP contribution in [0.15, 0.2) is 24.8 Å². The number of nitrogens with zero attached hydrogens (tertiary/aromatic N) is 5. The third kappa shape index (κ3) is 3.27. The quantitative estimate of drug-likeness (QED) is 0.808. The predicted molar refractivity (Wildman–Crippen MR) is 98.2 cm³/mol. The summed E-state index contributed by atoms with van der Waals surface area (Å²) in [6.45, 7) is 2.04. The molecule has 1 spiro atoms. The van der Waals surface area contributed by atoms with E-state index in [9.17, 15) is 13.2 Å². The number of aryl methyl sites for hydroxylation is 1. The van der Waals surface area contributed by atoms with Crippen molar-refractivity contribution >= 4 is 15.9 Å². The number of aromatic amines is 1. The Morgan fingerprint density at radius 1 is 1.30 bits per heavy atom. The number of nitrogens with one attached hydrogen (secondary N) is 1. The van der Waals surface area contributed by atoms with Crippen LogP contribution in [-0.4, -0.2) is 69.2 Å². The van der Waals surface area contributed by atoms with Crippen LogP contribution in [0.1, 0.15) is 30.7 Å². The summed E-state index contributed by atoms with van der Waals surface area (Å²) < 4.78 is 28.2. The van der Waals surface area contributed by atoms with Crippen LogP contribution in [0.5, 0.6) is 0 Å². The average Bonchev–Trinajstić information content (AvgIpc) is 3.31. The van der Waals surface area contributed by atoms with Crippen molar-refractivity contribution in [3.8, 4) is 0 Å². The standard InChI is InChI=1S/C17H24N6O3S/c1-27(25,26)23-10-3-14-16(19-13-18-14)17(23)5-11-21(12-6-17)15(24)4-9-22-8-2-7-20-22/h2,7-8,13H,3-6,9-12H2,1H3,(H,18,19). The van der Waals surface area contributed by atoms with E-state index in [0.29, 0.717) is 51.9 Å². The average molecular weight is 392 g/mol. The summed E-state index contributed by atoms with van der Waals surface area (Å²) >= 11 is 0. The van der Waals surface area contributed by atoms with E-state index in [-0.39, 0.29) is 5.91 Å². The van der Waals surface area contributed by atoms with E-state index < -0.39 is 15.6 Å². The summed E-state index contributed by atoms with van der Waals surface area (Å²) in [5, 5.41) is 4.12. The van der Waals surface area contributed by atoms with Crippen LogP contribution in [-0.2, 0) is 33.3 Å². The molecule has 1 fully saturated rings. The van der Waals surface area contributed by atoms with Gasteiger partial charge in [0.2, 0.25) is 15.9 Å². The molecule has 2 aromatic rings. The summed E-state index contributed by atoms with van der Waals surface area (Å²) in [6, 6.07) is 1.83. The summed E-state index contributed by atoms with van der Waals surface area (Å²) in [6.07, 6.45) is 8.57. The normalized spacial score (nSPS) is 20.0. The van der Waals surface area contributed by atoms with Crippen molar-refractivity contribution in [1.82, 2.24) is 29.0 Å². The number of fused-ring (bicyclic) bond motifs is 2. The van der Waals surface area contributed by atoms with Gasteiger partial charge in [0.05, 0.1) is 23.8 Å². The van der Waals surface area contributed by atoms with Crippen LogP contribution in [0.25, 0.3) is 0 Å². The lowest BCUT2D eigenvalue weighted by atomic mass is 9.80. The van der Waals surface area contributed by atoms with E-state index in [0.717, 1.165) is 11.4 Å². The monoisotopic (exact) mass is 392 g/mol. The highest BCUT2D eigenvalue weighted by atomic mass is 32.2. The van der Waals surface area contributed by atoms with Gasteiger partial charge in [-0.25, -0.2) is 13.4 Å². The fourth-order valence-electron chi connectivity index (χ4n) is 4.35. The molecule has 0 aromatic carbocycles. The number of aromatic nitrogens is 4. The molecule has 1 saturated heterocycles. The fraction of sp³-hybridized carbons (Fsp3) is 0.588. The summed E-state index contributed by atoms with van der Waals surface area (Å²) in [7, 11) is -3.37. The molecule has 1 amide bonds. The third-order valence-corrected chi connectivity index (χ3v) is 6.99. The number of piperidine rings is 1. The van der Waals surface area contributed by atoms with Crippen molar-refractivity contribution < 1.29 is 13.2 Å². The Bertz CT molecular complexity index is 912. The number of hydrogen-bond donors (Lipinski definition) is 1. The maximum atomic E-state index is 12.6. The maximum absolute atomic E-state index is 12.6. The molecule has 0 saturated carbocycles. The third-order valence-electron chi connectivity index (χ3n) is 5.66. The lowest BCUT2D eigenvalue weighted by Gasteiger charge is -2.49. The first-order chi connectivity index (χ1) is 12.9. The molecule has 0 atom stereocenters. The van der Waals surface area contributed by atoms with Gasteiger partial charge in [-0.2, -0.15) is 9.40 Å². The van der Waals surface area contributed by atoms with Crippen LogP contribution < -0.4 is 0 Å². The van der Waals surface area contributed by atoms with Gasteiger partial charge in [-0.1, -0.05) is 0 Å². The molecule has 4 heterocycles. The van der Waals surface area contributed by atoms with Gasteiger partial charge in [0, 0.05) is 57.1 Å². The molecule has 146 valence electrons. The zero-order chi connectivity index (χ0) is 19.1. The number of hydrogen-bond acceptors (Lipinski definition) is 5. The number of carbonyl (C=O) groups excluding carboxylic acids is 1. The smallest absolute Gasteiger partial charge is 0.224 e. The second-order valence-corrected chi connectivity index (χ2v) is 9.15. The molecule has 0 radical (unpaired) electrons. The fourth-order valence-corrected chi connectivity index (χ4v) is 5.68. The van der Waals surface area contributed by atoms with E-state index in [2.05, 4.69) is 15.1 Å². The molecule has 4 rings (SSSR count). The lowest BCUT2D eigenvalue weighted by Crippen LogP contribution is -2.58. The van der Waals surface area contributed by atoms with E-state index >= 15 is 0 Å². The molecule has 9 nitrogen and oxygen atoms in total. The zero-order valence-electron chi connectivity index (χ0n) is 15.3. The van der Waals surface area contributed by atoms with Gasteiger partial charge in [-0.05, 0) is 18.9 Å². The second-order valence-electron chi connectivity index (χ2n) is 7.25. The molecule has 0 aliphatic carbocycles. The van der Waals surface area contributed by atoms with Gasteiger partial charge in [0.25, 0.3) is 0 Å². The van der Waals surface area contributed by atoms with Crippen LogP contribution in [0.2, 0.25) is 0 Å². The number of sulfonamides is 1. The van der Waals surface area contributed by atoms with Gasteiger partial charge in [-0.3, -0.25) is 9.48 Å². The van der Waals surface area contributed by atoms with Gasteiger partial charge >= 0.3 is 0 Å². The van der Waals surface area contributed by atoms with Crippen molar-refractivity contribution in [2.45, 2.75) is 37.8 Å². The lowest BCUT2D eigenvalue weighted by molar-refractivity contribution is -0.134. The first-order valence-corrected chi connectivity index (χ1v) is 11.0. The number of imidazole rings is 1. The van der Waals surface area contributed by atoms with Crippen molar-refractivity contribution in [2.75, 3.05) is 25.9 Å². The zero-order valence-corrected chi connectivity index (χ0v) is 16.2. The number of H-pyrrole nitrogens is 1. The van der Waals surface area contributed by atoms with Gasteiger partial charge in [0.15, 0.2) is 0 Å². The topological polar surface area (TPSA) is 104 Å². The van der Waals surface area contributed by atoms with E-state index in [4.69, 9.17) is 0 Å². The molecule has 2 aliphatic rings. The Labute approximate surface area is 158 Å². The molecule has 2 aromatic heterocycles. The van der Waals surface area contributed by atoms with Crippen molar-refractivity contribution in [2.24, 2.45) is 0 Å². The molecule has 2 aliphatic heterocycles. The molecular formula is C17H24N6O3S. The molecule has 10 heteroatoms. The number of carbonyl (C=O) groups is 1. The summed E-state index contributed by atoms with van der Waals surface area (Å²) in [5.74, 6) is 0.0734. The van der Waals surface area contributed by atoms with E-state index in [1.165, 1.54) is 6.26 Å². The first-order valence-electron chi connectivity index (χ1n) is 9.16. The molecule has 0 unspecified atom stereocenters. The van der Waals surface area contributed by atoms with Gasteiger partial charge in [-0.15, -0.1) is 0 Å². The molecule has 0 bridgehead atoms. The highest BCUT2D eigenvalue weighted by molar-refractivity contribution is 7.88. The first kappa shape index (κ1) is 18.2. The molecular weight excluding hydrogens is 368 g/mol. The highest BCUT2D eigenvalue weighted by Gasteiger charge is 2.50. The Kier molecular flexibility index (Phi) is 4.55. The van der Waals surface area contributed by atoms with E-state index in [1.54, 1.807) is 21.5 Å². The predicted octanol–water partition coefficient (Wildman–Crippen LogP) is 0.332. The minimum absolute atomic E-state index is 0.0734. The summed E-state index contributed by atoms with van der Waals surface area (Å²) in [4.78, 5) is 22.0. The Morgan fingerprint density at radius 2 is 2.07 bits per heavy atom. The molecule has 1 N–H and O–H groups in total. The van der Waals surface area contributed by atoms with Crippen LogP contribution >= 0.6 is 0 Å². The van der Waals surface area contributed by atoms with Crippen LogP contribution in [0.4, 0.5) is 0 Å². The minimum Gasteiger partial charge on any atom is -0.348 e. The van der Waals surface area contributed by atoms with Crippen LogP contribution in [0, 0.1) is 0 Å². The van der Waals surface area contributed by atoms with Gasteiger partial charge in [0.1, 0.15) is 0 Å². The van der Waals surface area contributed by atoms with Crippen molar-refractivity contribution in [1.29, 1.82) is 0 Å². The van der Waals surface area contributed by atoms with Crippen molar-refractivity contribution in [3.63, 3.8) is 0 Å². The maximum Gasteiger partial charge on any atom is 0.224 e. The Balaban J connectivity index is 1.50. The van der Waals surface area contributed by atoms with Crippen molar-refractivity contribution in [3.05, 3.63) is 36.2 Å². The number of rotatable bonds is 4. The van der Waals surface area contributed by atoms with Crippen LogP contribution in [0.3, 0.4) is 0 Å². The summed E-state index contributed by atoms with van der Waals surface area (Å²) in [5.41, 5.74) is 1.18. The molecule has 27 heavy (non-hydrogen) atoms. The minimum atomic E-state index is -3.37. The highest BCUT2D eigenvalue weighted by Crippen LogP contribution is 2.43. The largest absolute Gasteiger partial charge is 0.348 e. The SMILES string of the molecule is CS(=O)(=O)N1CCc2[nH]cnc2C12CCN(C(=O)CCn1cccn1)CC2.